The summed E-state index contributed by atoms with van der Waals surface area (Å²) in [5.74, 6) is 0.329. The molecule has 16 heavy (non-hydrogen) atoms. The molecule has 1 aromatic rings. The molecule has 0 spiro atoms. The zero-order chi connectivity index (χ0) is 11.4. The smallest absolute Gasteiger partial charge is 0.115 e. The minimum absolute atomic E-state index is 0.300. The van der Waals surface area contributed by atoms with Gasteiger partial charge in [0.2, 0.25) is 0 Å². The number of aliphatic hydroxyl groups is 1. The van der Waals surface area contributed by atoms with E-state index in [1.807, 2.05) is 33.7 Å². The second-order valence-electron chi connectivity index (χ2n) is 3.99. The predicted octanol–water partition coefficient (Wildman–Crippen LogP) is 2.84. The standard InChI is InChI=1S/C12H16O2S2/c13-8-7-12-11(15-16-12)6-3-9-1-4-10(14)5-2-9/h1-2,4-5,11-14H,3,6-8H2/t11-,12?/m1/s1. The van der Waals surface area contributed by atoms with Gasteiger partial charge in [0, 0.05) is 17.1 Å². The Kier molecular flexibility index (Phi) is 4.44. The van der Waals surface area contributed by atoms with Crippen molar-refractivity contribution < 1.29 is 10.2 Å². The molecule has 1 aliphatic heterocycles. The summed E-state index contributed by atoms with van der Waals surface area (Å²) in [6, 6.07) is 7.44. The van der Waals surface area contributed by atoms with Crippen LogP contribution < -0.4 is 0 Å². The third kappa shape index (κ3) is 3.09. The fraction of sp³-hybridized carbons (Fsp3) is 0.500. The quantitative estimate of drug-likeness (QED) is 0.795. The molecule has 2 rings (SSSR count). The van der Waals surface area contributed by atoms with Gasteiger partial charge in [-0.2, -0.15) is 0 Å². The number of hydrogen-bond donors (Lipinski definition) is 2. The highest BCUT2D eigenvalue weighted by atomic mass is 33.1. The number of aromatic hydroxyl groups is 1. The minimum Gasteiger partial charge on any atom is -0.508 e. The van der Waals surface area contributed by atoms with E-state index in [0.717, 1.165) is 19.3 Å². The normalized spacial score (nSPS) is 24.1. The number of hydrogen-bond acceptors (Lipinski definition) is 4. The lowest BCUT2D eigenvalue weighted by Gasteiger charge is -2.34. The van der Waals surface area contributed by atoms with Crippen molar-refractivity contribution in [2.75, 3.05) is 6.61 Å². The molecular weight excluding hydrogens is 240 g/mol. The van der Waals surface area contributed by atoms with Crippen LogP contribution in [0.3, 0.4) is 0 Å². The number of phenols is 1. The van der Waals surface area contributed by atoms with Gasteiger partial charge in [-0.15, -0.1) is 0 Å². The van der Waals surface area contributed by atoms with E-state index in [9.17, 15) is 0 Å². The lowest BCUT2D eigenvalue weighted by molar-refractivity contribution is 0.285. The minimum atomic E-state index is 0.300. The lowest BCUT2D eigenvalue weighted by Crippen LogP contribution is -2.28. The molecule has 0 aromatic heterocycles. The summed E-state index contributed by atoms with van der Waals surface area (Å²) in [5, 5.41) is 19.4. The van der Waals surface area contributed by atoms with E-state index < -0.39 is 0 Å². The Bertz CT molecular complexity index is 326. The molecular formula is C12H16O2S2. The molecule has 0 amide bonds. The van der Waals surface area contributed by atoms with Gasteiger partial charge < -0.3 is 10.2 Å². The average molecular weight is 256 g/mol. The summed E-state index contributed by atoms with van der Waals surface area (Å²) in [7, 11) is 3.82. The van der Waals surface area contributed by atoms with Gasteiger partial charge in [-0.1, -0.05) is 33.7 Å². The lowest BCUT2D eigenvalue weighted by atomic mass is 10.1. The molecule has 0 aliphatic carbocycles. The van der Waals surface area contributed by atoms with Crippen LogP contribution in [0.4, 0.5) is 0 Å². The Labute approximate surface area is 104 Å². The summed E-state index contributed by atoms with van der Waals surface area (Å²) in [6.07, 6.45) is 3.13. The van der Waals surface area contributed by atoms with Crippen LogP contribution in [-0.2, 0) is 6.42 Å². The molecule has 2 N–H and O–H groups in total. The Hall–Kier alpha value is -0.320. The van der Waals surface area contributed by atoms with Gasteiger partial charge >= 0.3 is 0 Å². The van der Waals surface area contributed by atoms with Crippen molar-refractivity contribution in [3.05, 3.63) is 29.8 Å². The number of aliphatic hydroxyl groups excluding tert-OH is 1. The molecule has 1 aliphatic rings. The molecule has 0 saturated carbocycles. The fourth-order valence-corrected chi connectivity index (χ4v) is 4.75. The van der Waals surface area contributed by atoms with Crippen molar-refractivity contribution in [3.8, 4) is 5.75 Å². The van der Waals surface area contributed by atoms with Gasteiger partial charge in [0.15, 0.2) is 0 Å². The van der Waals surface area contributed by atoms with Gasteiger partial charge in [-0.05, 0) is 37.0 Å². The first kappa shape index (κ1) is 12.1. The molecule has 4 heteroatoms. The molecule has 88 valence electrons. The van der Waals surface area contributed by atoms with Gasteiger partial charge in [-0.25, -0.2) is 0 Å². The van der Waals surface area contributed by atoms with E-state index in [2.05, 4.69) is 0 Å². The number of rotatable bonds is 5. The Morgan fingerprint density at radius 1 is 1.00 bits per heavy atom. The van der Waals surface area contributed by atoms with Gasteiger partial charge in [0.05, 0.1) is 0 Å². The highest BCUT2D eigenvalue weighted by Crippen LogP contribution is 2.50. The maximum Gasteiger partial charge on any atom is 0.115 e. The number of phenolic OH excluding ortho intramolecular Hbond substituents is 1. The van der Waals surface area contributed by atoms with Crippen molar-refractivity contribution in [1.29, 1.82) is 0 Å². The first-order chi connectivity index (χ1) is 7.79. The average Bonchev–Trinajstić information content (AvgIpc) is 2.27. The third-order valence-electron chi connectivity index (χ3n) is 2.78. The summed E-state index contributed by atoms with van der Waals surface area (Å²) in [6.45, 7) is 0.300. The van der Waals surface area contributed by atoms with E-state index in [-0.39, 0.29) is 0 Å². The van der Waals surface area contributed by atoms with Gasteiger partial charge in [-0.3, -0.25) is 0 Å². The molecule has 1 heterocycles. The largest absolute Gasteiger partial charge is 0.508 e. The van der Waals surface area contributed by atoms with Crippen LogP contribution in [0.5, 0.6) is 5.75 Å². The molecule has 2 atom stereocenters. The number of aryl methyl sites for hydroxylation is 1. The first-order valence-electron chi connectivity index (χ1n) is 5.50. The van der Waals surface area contributed by atoms with Crippen molar-refractivity contribution in [2.24, 2.45) is 0 Å². The van der Waals surface area contributed by atoms with E-state index in [0.29, 0.717) is 22.9 Å². The van der Waals surface area contributed by atoms with Crippen LogP contribution in [-0.4, -0.2) is 27.3 Å². The van der Waals surface area contributed by atoms with E-state index in [4.69, 9.17) is 10.2 Å². The maximum atomic E-state index is 9.17. The molecule has 1 unspecified atom stereocenters. The van der Waals surface area contributed by atoms with Crippen molar-refractivity contribution in [2.45, 2.75) is 29.8 Å². The zero-order valence-electron chi connectivity index (χ0n) is 9.00. The SMILES string of the molecule is OCCC1SS[C@@H]1CCc1ccc(O)cc1. The molecule has 2 nitrogen and oxygen atoms in total. The van der Waals surface area contributed by atoms with Crippen LogP contribution in [0.15, 0.2) is 24.3 Å². The second-order valence-corrected chi connectivity index (χ2v) is 6.74. The Morgan fingerprint density at radius 3 is 2.19 bits per heavy atom. The van der Waals surface area contributed by atoms with Crippen LogP contribution in [0.1, 0.15) is 18.4 Å². The summed E-state index contributed by atoms with van der Waals surface area (Å²) >= 11 is 0. The van der Waals surface area contributed by atoms with E-state index >= 15 is 0 Å². The van der Waals surface area contributed by atoms with Crippen molar-refractivity contribution >= 4 is 21.6 Å². The monoisotopic (exact) mass is 256 g/mol. The van der Waals surface area contributed by atoms with E-state index in [1.165, 1.54) is 5.56 Å². The fourth-order valence-electron chi connectivity index (χ4n) is 1.78. The molecule has 1 saturated heterocycles. The highest BCUT2D eigenvalue weighted by molar-refractivity contribution is 8.80. The van der Waals surface area contributed by atoms with Crippen LogP contribution in [0.2, 0.25) is 0 Å². The van der Waals surface area contributed by atoms with Crippen molar-refractivity contribution in [3.63, 3.8) is 0 Å². The molecule has 1 fully saturated rings. The second kappa shape index (κ2) is 5.84. The Balaban J connectivity index is 1.77. The van der Waals surface area contributed by atoms with E-state index in [1.54, 1.807) is 12.1 Å². The molecule has 0 radical (unpaired) electrons. The highest BCUT2D eigenvalue weighted by Gasteiger charge is 2.31. The molecule has 1 aromatic carbocycles. The Morgan fingerprint density at radius 2 is 1.62 bits per heavy atom. The zero-order valence-corrected chi connectivity index (χ0v) is 10.6. The maximum absolute atomic E-state index is 9.17. The molecule has 0 bridgehead atoms. The summed E-state index contributed by atoms with van der Waals surface area (Å²) in [4.78, 5) is 0. The topological polar surface area (TPSA) is 40.5 Å². The van der Waals surface area contributed by atoms with Crippen LogP contribution >= 0.6 is 21.6 Å². The third-order valence-corrected chi connectivity index (χ3v) is 6.51. The van der Waals surface area contributed by atoms with Crippen LogP contribution in [0, 0.1) is 0 Å². The van der Waals surface area contributed by atoms with Gasteiger partial charge in [0.25, 0.3) is 0 Å². The summed E-state index contributed by atoms with van der Waals surface area (Å²) < 4.78 is 0. The summed E-state index contributed by atoms with van der Waals surface area (Å²) in [5.41, 5.74) is 1.28. The van der Waals surface area contributed by atoms with Crippen LogP contribution in [0.25, 0.3) is 0 Å². The van der Waals surface area contributed by atoms with Gasteiger partial charge in [0.1, 0.15) is 5.75 Å². The number of benzene rings is 1. The first-order valence-corrected chi connectivity index (χ1v) is 7.78. The predicted molar refractivity (Wildman–Crippen MR) is 70.9 cm³/mol. The van der Waals surface area contributed by atoms with Crippen molar-refractivity contribution in [1.82, 2.24) is 0 Å².